The first-order valence-electron chi connectivity index (χ1n) is 6.38. The number of nitrogens with zero attached hydrogens (tertiary/aromatic N) is 2. The maximum Gasteiger partial charge on any atom is 0.173 e. The van der Waals surface area contributed by atoms with Crippen molar-refractivity contribution in [3.63, 3.8) is 0 Å². The number of hydrogen-bond donors (Lipinski definition) is 2. The number of ether oxygens (including phenoxy) is 1. The second-order valence-corrected chi connectivity index (χ2v) is 4.44. The lowest BCUT2D eigenvalue weighted by Gasteiger charge is -2.06. The standard InChI is InChI=1S/C15H13FN4O/c16-12-3-1-11(2-4-12)15-14(9-19-20-15)21-13-5-10(6-17)7-18-8-13/h1-5,7-9H,6,17H2,(H,19,20). The number of pyridine rings is 1. The Hall–Kier alpha value is -2.73. The van der Waals surface area contributed by atoms with Crippen LogP contribution in [0.15, 0.2) is 48.9 Å². The molecule has 106 valence electrons. The summed E-state index contributed by atoms with van der Waals surface area (Å²) in [6.45, 7) is 0.389. The molecule has 0 amide bonds. The van der Waals surface area contributed by atoms with Crippen molar-refractivity contribution < 1.29 is 9.13 Å². The average Bonchev–Trinajstić information content (AvgIpc) is 2.96. The molecule has 0 saturated carbocycles. The Kier molecular flexibility index (Phi) is 3.61. The zero-order valence-electron chi connectivity index (χ0n) is 11.1. The van der Waals surface area contributed by atoms with Gasteiger partial charge in [-0.2, -0.15) is 5.10 Å². The van der Waals surface area contributed by atoms with Gasteiger partial charge in [0.25, 0.3) is 0 Å². The lowest BCUT2D eigenvalue weighted by atomic mass is 10.1. The molecule has 0 aliphatic heterocycles. The topological polar surface area (TPSA) is 76.8 Å². The molecule has 5 nitrogen and oxygen atoms in total. The second-order valence-electron chi connectivity index (χ2n) is 4.44. The largest absolute Gasteiger partial charge is 0.452 e. The molecule has 0 bridgehead atoms. The molecule has 21 heavy (non-hydrogen) atoms. The fourth-order valence-corrected chi connectivity index (χ4v) is 1.93. The van der Waals surface area contributed by atoms with Crippen LogP contribution in [-0.4, -0.2) is 15.2 Å². The summed E-state index contributed by atoms with van der Waals surface area (Å²) in [6.07, 6.45) is 4.91. The van der Waals surface area contributed by atoms with Crippen LogP contribution in [0.1, 0.15) is 5.56 Å². The minimum Gasteiger partial charge on any atom is -0.452 e. The first-order valence-corrected chi connectivity index (χ1v) is 6.38. The molecular weight excluding hydrogens is 271 g/mol. The third-order valence-electron chi connectivity index (χ3n) is 2.96. The van der Waals surface area contributed by atoms with Crippen LogP contribution in [-0.2, 0) is 6.54 Å². The Morgan fingerprint density at radius 1 is 1.19 bits per heavy atom. The van der Waals surface area contributed by atoms with Gasteiger partial charge < -0.3 is 10.5 Å². The molecule has 0 unspecified atom stereocenters. The van der Waals surface area contributed by atoms with Crippen LogP contribution in [0.3, 0.4) is 0 Å². The van der Waals surface area contributed by atoms with E-state index >= 15 is 0 Å². The molecule has 0 radical (unpaired) electrons. The SMILES string of the molecule is NCc1cncc(Oc2c[nH]nc2-c2ccc(F)cc2)c1. The van der Waals surface area contributed by atoms with Crippen molar-refractivity contribution in [2.75, 3.05) is 0 Å². The van der Waals surface area contributed by atoms with E-state index in [9.17, 15) is 4.39 Å². The molecule has 0 aliphatic carbocycles. The summed E-state index contributed by atoms with van der Waals surface area (Å²) in [5, 5.41) is 6.88. The number of aromatic amines is 1. The lowest BCUT2D eigenvalue weighted by molar-refractivity contribution is 0.481. The molecule has 1 aromatic carbocycles. The number of rotatable bonds is 4. The van der Waals surface area contributed by atoms with Crippen LogP contribution < -0.4 is 10.5 Å². The van der Waals surface area contributed by atoms with Gasteiger partial charge in [-0.15, -0.1) is 0 Å². The predicted molar refractivity (Wildman–Crippen MR) is 76.2 cm³/mol. The van der Waals surface area contributed by atoms with Gasteiger partial charge in [0.15, 0.2) is 5.75 Å². The van der Waals surface area contributed by atoms with E-state index in [-0.39, 0.29) is 5.82 Å². The summed E-state index contributed by atoms with van der Waals surface area (Å²) < 4.78 is 18.8. The van der Waals surface area contributed by atoms with Gasteiger partial charge in [-0.25, -0.2) is 4.39 Å². The molecule has 0 fully saturated rings. The number of hydrogen-bond acceptors (Lipinski definition) is 4. The van der Waals surface area contributed by atoms with Crippen molar-refractivity contribution in [1.82, 2.24) is 15.2 Å². The van der Waals surface area contributed by atoms with E-state index in [2.05, 4.69) is 15.2 Å². The van der Waals surface area contributed by atoms with Crippen LogP contribution in [0.5, 0.6) is 11.5 Å². The lowest BCUT2D eigenvalue weighted by Crippen LogP contribution is -1.97. The highest BCUT2D eigenvalue weighted by Gasteiger charge is 2.11. The summed E-state index contributed by atoms with van der Waals surface area (Å²) in [4.78, 5) is 4.06. The van der Waals surface area contributed by atoms with Crippen molar-refractivity contribution in [1.29, 1.82) is 0 Å². The summed E-state index contributed by atoms with van der Waals surface area (Å²) in [6, 6.07) is 7.86. The Balaban J connectivity index is 1.90. The van der Waals surface area contributed by atoms with Gasteiger partial charge in [0.05, 0.1) is 12.4 Å². The van der Waals surface area contributed by atoms with Crippen LogP contribution >= 0.6 is 0 Å². The Morgan fingerprint density at radius 3 is 2.76 bits per heavy atom. The molecule has 0 atom stereocenters. The molecule has 0 aliphatic rings. The molecule has 3 aromatic rings. The van der Waals surface area contributed by atoms with Gasteiger partial charge >= 0.3 is 0 Å². The van der Waals surface area contributed by atoms with Gasteiger partial charge in [-0.3, -0.25) is 10.1 Å². The van der Waals surface area contributed by atoms with Gasteiger partial charge in [-0.05, 0) is 35.9 Å². The van der Waals surface area contributed by atoms with Crippen LogP contribution in [0.4, 0.5) is 4.39 Å². The summed E-state index contributed by atoms with van der Waals surface area (Å²) in [7, 11) is 0. The summed E-state index contributed by atoms with van der Waals surface area (Å²) >= 11 is 0. The third kappa shape index (κ3) is 2.90. The highest BCUT2D eigenvalue weighted by molar-refractivity contribution is 5.66. The number of benzene rings is 1. The van der Waals surface area contributed by atoms with Crippen molar-refractivity contribution in [2.45, 2.75) is 6.54 Å². The minimum absolute atomic E-state index is 0.295. The van der Waals surface area contributed by atoms with Crippen LogP contribution in [0, 0.1) is 5.82 Å². The highest BCUT2D eigenvalue weighted by Crippen LogP contribution is 2.31. The highest BCUT2D eigenvalue weighted by atomic mass is 19.1. The fourth-order valence-electron chi connectivity index (χ4n) is 1.93. The smallest absolute Gasteiger partial charge is 0.173 e. The van der Waals surface area contributed by atoms with E-state index in [1.54, 1.807) is 30.7 Å². The quantitative estimate of drug-likeness (QED) is 0.772. The van der Waals surface area contributed by atoms with E-state index in [1.165, 1.54) is 12.1 Å². The number of aromatic nitrogens is 3. The molecule has 6 heteroatoms. The Bertz CT molecular complexity index is 739. The van der Waals surface area contributed by atoms with E-state index in [4.69, 9.17) is 10.5 Å². The maximum atomic E-state index is 13.0. The molecule has 3 rings (SSSR count). The first-order chi connectivity index (χ1) is 10.3. The third-order valence-corrected chi connectivity index (χ3v) is 2.96. The molecule has 0 spiro atoms. The molecular formula is C15H13FN4O. The zero-order chi connectivity index (χ0) is 14.7. The van der Waals surface area contributed by atoms with E-state index in [1.807, 2.05) is 6.07 Å². The molecule has 3 N–H and O–H groups in total. The predicted octanol–water partition coefficient (Wildman–Crippen LogP) is 2.86. The maximum absolute atomic E-state index is 13.0. The Morgan fingerprint density at radius 2 is 2.00 bits per heavy atom. The summed E-state index contributed by atoms with van der Waals surface area (Å²) in [5.74, 6) is 0.817. The number of nitrogens with two attached hydrogens (primary N) is 1. The second kappa shape index (κ2) is 5.72. The van der Waals surface area contributed by atoms with E-state index in [0.717, 1.165) is 11.1 Å². The van der Waals surface area contributed by atoms with Crippen LogP contribution in [0.2, 0.25) is 0 Å². The normalized spacial score (nSPS) is 10.6. The number of halogens is 1. The van der Waals surface area contributed by atoms with Gasteiger partial charge in [0.2, 0.25) is 0 Å². The fraction of sp³-hybridized carbons (Fsp3) is 0.0667. The first kappa shape index (κ1) is 13.3. The zero-order valence-corrected chi connectivity index (χ0v) is 11.1. The molecule has 0 saturated heterocycles. The van der Waals surface area contributed by atoms with E-state index in [0.29, 0.717) is 23.7 Å². The van der Waals surface area contributed by atoms with E-state index < -0.39 is 0 Å². The molecule has 2 aromatic heterocycles. The average molecular weight is 284 g/mol. The van der Waals surface area contributed by atoms with Gasteiger partial charge in [0, 0.05) is 18.3 Å². The molecule has 2 heterocycles. The van der Waals surface area contributed by atoms with Crippen molar-refractivity contribution in [2.24, 2.45) is 5.73 Å². The van der Waals surface area contributed by atoms with Crippen LogP contribution in [0.25, 0.3) is 11.3 Å². The number of H-pyrrole nitrogens is 1. The van der Waals surface area contributed by atoms with Crippen molar-refractivity contribution in [3.8, 4) is 22.8 Å². The van der Waals surface area contributed by atoms with Crippen molar-refractivity contribution >= 4 is 0 Å². The van der Waals surface area contributed by atoms with Gasteiger partial charge in [-0.1, -0.05) is 0 Å². The monoisotopic (exact) mass is 284 g/mol. The minimum atomic E-state index is -0.295. The Labute approximate surface area is 120 Å². The summed E-state index contributed by atoms with van der Waals surface area (Å²) in [5.41, 5.74) is 7.82. The van der Waals surface area contributed by atoms with Crippen molar-refractivity contribution in [3.05, 3.63) is 60.3 Å². The van der Waals surface area contributed by atoms with Gasteiger partial charge in [0.1, 0.15) is 17.3 Å². The number of nitrogens with one attached hydrogen (secondary N) is 1.